The molecule has 5 nitrogen and oxygen atoms in total. The van der Waals surface area contributed by atoms with E-state index in [-0.39, 0.29) is 5.69 Å². The van der Waals surface area contributed by atoms with Crippen LogP contribution in [0.2, 0.25) is 0 Å². The van der Waals surface area contributed by atoms with Crippen molar-refractivity contribution in [3.05, 3.63) is 71.2 Å². The Labute approximate surface area is 172 Å². The molecule has 2 amide bonds. The van der Waals surface area contributed by atoms with Crippen LogP contribution in [-0.4, -0.2) is 11.0 Å². The van der Waals surface area contributed by atoms with Crippen LogP contribution in [0.1, 0.15) is 11.1 Å². The van der Waals surface area contributed by atoms with Crippen LogP contribution in [0, 0.1) is 11.3 Å². The number of benzene rings is 2. The van der Waals surface area contributed by atoms with Crippen LogP contribution in [0.3, 0.4) is 0 Å². The third kappa shape index (κ3) is 3.99. The Hall–Kier alpha value is -3.77. The smallest absolute Gasteiger partial charge is 0.359 e. The lowest BCUT2D eigenvalue weighted by Gasteiger charge is -2.09. The second-order valence-electron chi connectivity index (χ2n) is 6.43. The summed E-state index contributed by atoms with van der Waals surface area (Å²) in [6, 6.07) is 13.2. The summed E-state index contributed by atoms with van der Waals surface area (Å²) in [5, 5.41) is 16.8. The molecule has 4 aromatic rings. The Morgan fingerprint density at radius 3 is 2.50 bits per heavy atom. The van der Waals surface area contributed by atoms with Gasteiger partial charge in [-0.05, 0) is 48.0 Å². The molecule has 2 aromatic heterocycles. The third-order valence-corrected chi connectivity index (χ3v) is 5.39. The van der Waals surface area contributed by atoms with E-state index in [1.54, 1.807) is 17.6 Å². The molecule has 0 fully saturated rings. The SMILES string of the molecule is N#Cc1csc(-c2ccc3[nH]cc(NC(=O)Nc4ccc(C(F)(F)F)cc4)c3c2)c1. The number of urea groups is 1. The van der Waals surface area contributed by atoms with E-state index in [4.69, 9.17) is 5.26 Å². The van der Waals surface area contributed by atoms with Crippen molar-refractivity contribution in [2.75, 3.05) is 10.6 Å². The maximum Gasteiger partial charge on any atom is 0.416 e. The summed E-state index contributed by atoms with van der Waals surface area (Å²) in [6.07, 6.45) is -2.80. The largest absolute Gasteiger partial charge is 0.416 e. The van der Waals surface area contributed by atoms with Crippen LogP contribution in [0.25, 0.3) is 21.3 Å². The average molecular weight is 426 g/mol. The lowest BCUT2D eigenvalue weighted by Crippen LogP contribution is -2.19. The molecule has 4 rings (SSSR count). The van der Waals surface area contributed by atoms with Gasteiger partial charge in [-0.1, -0.05) is 6.07 Å². The Balaban J connectivity index is 1.52. The summed E-state index contributed by atoms with van der Waals surface area (Å²) in [6.45, 7) is 0. The van der Waals surface area contributed by atoms with Crippen LogP contribution in [0.5, 0.6) is 0 Å². The molecule has 0 saturated heterocycles. The van der Waals surface area contributed by atoms with E-state index in [2.05, 4.69) is 21.7 Å². The van der Waals surface area contributed by atoms with Gasteiger partial charge in [-0.3, -0.25) is 0 Å². The number of fused-ring (bicyclic) bond motifs is 1. The number of nitrogens with one attached hydrogen (secondary N) is 3. The van der Waals surface area contributed by atoms with E-state index in [0.29, 0.717) is 11.3 Å². The van der Waals surface area contributed by atoms with Crippen LogP contribution >= 0.6 is 11.3 Å². The fraction of sp³-hybridized carbons (Fsp3) is 0.0476. The van der Waals surface area contributed by atoms with Gasteiger partial charge in [0.25, 0.3) is 0 Å². The molecule has 150 valence electrons. The zero-order chi connectivity index (χ0) is 21.3. The molecule has 0 bridgehead atoms. The van der Waals surface area contributed by atoms with Gasteiger partial charge in [0, 0.05) is 33.0 Å². The Bertz CT molecular complexity index is 1270. The molecule has 0 spiro atoms. The van der Waals surface area contributed by atoms with Gasteiger partial charge in [0.1, 0.15) is 6.07 Å². The highest BCUT2D eigenvalue weighted by Crippen LogP contribution is 2.33. The van der Waals surface area contributed by atoms with Crippen LogP contribution in [-0.2, 0) is 6.18 Å². The first kappa shape index (κ1) is 19.5. The summed E-state index contributed by atoms with van der Waals surface area (Å²) in [5.41, 5.74) is 2.27. The number of hydrogen-bond acceptors (Lipinski definition) is 3. The second kappa shape index (κ2) is 7.57. The number of aromatic amines is 1. The van der Waals surface area contributed by atoms with Crippen molar-refractivity contribution >= 4 is 39.6 Å². The lowest BCUT2D eigenvalue weighted by atomic mass is 10.1. The average Bonchev–Trinajstić information content (AvgIpc) is 3.34. The minimum Gasteiger partial charge on any atom is -0.359 e. The number of amides is 2. The highest BCUT2D eigenvalue weighted by Gasteiger charge is 2.30. The Morgan fingerprint density at radius 2 is 1.83 bits per heavy atom. The standard InChI is InChI=1S/C21H13F3N4OS/c22-21(23,24)14-2-4-15(5-3-14)27-20(29)28-18-10-26-17-6-1-13(8-16(17)18)19-7-12(9-25)11-30-19/h1-8,10-11,26H,(H2,27,28,29). The Kier molecular flexibility index (Phi) is 4.93. The van der Waals surface area contributed by atoms with Crippen LogP contribution < -0.4 is 10.6 Å². The monoisotopic (exact) mass is 426 g/mol. The van der Waals surface area contributed by atoms with Crippen LogP contribution in [0.4, 0.5) is 29.3 Å². The number of alkyl halides is 3. The van der Waals surface area contributed by atoms with Gasteiger partial charge in [0.2, 0.25) is 0 Å². The van der Waals surface area contributed by atoms with Crippen molar-refractivity contribution in [1.29, 1.82) is 5.26 Å². The fourth-order valence-electron chi connectivity index (χ4n) is 2.95. The molecule has 0 atom stereocenters. The molecule has 0 unspecified atom stereocenters. The van der Waals surface area contributed by atoms with E-state index in [0.717, 1.165) is 33.5 Å². The summed E-state index contributed by atoms with van der Waals surface area (Å²) in [4.78, 5) is 16.3. The number of H-pyrrole nitrogens is 1. The maximum atomic E-state index is 12.6. The molecular weight excluding hydrogens is 413 g/mol. The first-order valence-electron chi connectivity index (χ1n) is 8.69. The van der Waals surface area contributed by atoms with Crippen molar-refractivity contribution in [3.8, 4) is 16.5 Å². The molecule has 30 heavy (non-hydrogen) atoms. The van der Waals surface area contributed by atoms with Crippen LogP contribution in [0.15, 0.2) is 60.1 Å². The van der Waals surface area contributed by atoms with Crippen molar-refractivity contribution in [2.45, 2.75) is 6.18 Å². The molecular formula is C21H13F3N4OS. The second-order valence-corrected chi connectivity index (χ2v) is 7.34. The lowest BCUT2D eigenvalue weighted by molar-refractivity contribution is -0.137. The van der Waals surface area contributed by atoms with Crippen molar-refractivity contribution in [3.63, 3.8) is 0 Å². The summed E-state index contributed by atoms with van der Waals surface area (Å²) in [7, 11) is 0. The van der Waals surface area contributed by atoms with Crippen molar-refractivity contribution < 1.29 is 18.0 Å². The highest BCUT2D eigenvalue weighted by atomic mass is 32.1. The third-order valence-electron chi connectivity index (χ3n) is 4.41. The number of rotatable bonds is 3. The molecule has 0 saturated carbocycles. The first-order chi connectivity index (χ1) is 14.3. The first-order valence-corrected chi connectivity index (χ1v) is 9.57. The van der Waals surface area contributed by atoms with Gasteiger partial charge in [-0.2, -0.15) is 18.4 Å². The number of anilines is 2. The van der Waals surface area contributed by atoms with Gasteiger partial charge in [0.05, 0.1) is 16.8 Å². The zero-order valence-electron chi connectivity index (χ0n) is 15.2. The fourth-order valence-corrected chi connectivity index (χ4v) is 3.78. The number of halogens is 3. The van der Waals surface area contributed by atoms with E-state index in [1.165, 1.54) is 23.5 Å². The summed E-state index contributed by atoms with van der Waals surface area (Å²) < 4.78 is 37.9. The van der Waals surface area contributed by atoms with Gasteiger partial charge in [0.15, 0.2) is 0 Å². The van der Waals surface area contributed by atoms with Crippen molar-refractivity contribution in [1.82, 2.24) is 4.98 Å². The van der Waals surface area contributed by atoms with Gasteiger partial charge in [-0.25, -0.2) is 4.79 Å². The molecule has 2 heterocycles. The van der Waals surface area contributed by atoms with Gasteiger partial charge >= 0.3 is 12.2 Å². The predicted octanol–water partition coefficient (Wildman–Crippen LogP) is 6.43. The maximum absolute atomic E-state index is 12.6. The zero-order valence-corrected chi connectivity index (χ0v) is 16.0. The molecule has 0 aliphatic heterocycles. The molecule has 3 N–H and O–H groups in total. The van der Waals surface area contributed by atoms with E-state index >= 15 is 0 Å². The van der Waals surface area contributed by atoms with E-state index < -0.39 is 17.8 Å². The van der Waals surface area contributed by atoms with E-state index in [1.807, 2.05) is 18.2 Å². The van der Waals surface area contributed by atoms with Gasteiger partial charge < -0.3 is 15.6 Å². The molecule has 2 aromatic carbocycles. The number of carbonyl (C=O) groups excluding carboxylic acids is 1. The number of carbonyl (C=O) groups is 1. The van der Waals surface area contributed by atoms with Crippen molar-refractivity contribution in [2.24, 2.45) is 0 Å². The quantitative estimate of drug-likeness (QED) is 0.353. The summed E-state index contributed by atoms with van der Waals surface area (Å²) >= 11 is 1.45. The summed E-state index contributed by atoms with van der Waals surface area (Å²) in [5.74, 6) is 0. The number of aromatic nitrogens is 1. The minimum absolute atomic E-state index is 0.239. The van der Waals surface area contributed by atoms with E-state index in [9.17, 15) is 18.0 Å². The highest BCUT2D eigenvalue weighted by molar-refractivity contribution is 7.13. The Morgan fingerprint density at radius 1 is 1.07 bits per heavy atom. The molecule has 0 radical (unpaired) electrons. The predicted molar refractivity (Wildman–Crippen MR) is 110 cm³/mol. The number of hydrogen-bond donors (Lipinski definition) is 3. The number of thiophene rings is 1. The van der Waals surface area contributed by atoms with Gasteiger partial charge in [-0.15, -0.1) is 11.3 Å². The minimum atomic E-state index is -4.43. The molecule has 9 heteroatoms. The topological polar surface area (TPSA) is 80.7 Å². The normalized spacial score (nSPS) is 11.3. The number of nitrogens with zero attached hydrogens (tertiary/aromatic N) is 1. The number of nitriles is 1. The molecule has 0 aliphatic rings. The molecule has 0 aliphatic carbocycles.